The first-order valence-corrected chi connectivity index (χ1v) is 6.63. The second kappa shape index (κ2) is 6.24. The van der Waals surface area contributed by atoms with Gasteiger partial charge in [0, 0.05) is 13.1 Å². The molecule has 0 spiro atoms. The molecule has 1 N–H and O–H groups in total. The van der Waals surface area contributed by atoms with Crippen molar-refractivity contribution in [3.05, 3.63) is 41.2 Å². The number of aromatic nitrogens is 2. The molecule has 0 aliphatic heterocycles. The molecule has 100 valence electrons. The van der Waals surface area contributed by atoms with E-state index in [9.17, 15) is 9.18 Å². The van der Waals surface area contributed by atoms with Gasteiger partial charge >= 0.3 is 6.03 Å². The van der Waals surface area contributed by atoms with Crippen molar-refractivity contribution in [2.24, 2.45) is 0 Å². The molecule has 0 fully saturated rings. The number of urea groups is 1. The molecule has 1 heterocycles. The van der Waals surface area contributed by atoms with E-state index in [4.69, 9.17) is 0 Å². The van der Waals surface area contributed by atoms with E-state index < -0.39 is 0 Å². The maximum absolute atomic E-state index is 13.1. The topological polar surface area (TPSA) is 58.1 Å². The lowest BCUT2D eigenvalue weighted by molar-refractivity contribution is 0.212. The van der Waals surface area contributed by atoms with E-state index >= 15 is 0 Å². The van der Waals surface area contributed by atoms with Gasteiger partial charge in [-0.25, -0.2) is 9.18 Å². The highest BCUT2D eigenvalue weighted by Gasteiger charge is 2.13. The predicted molar refractivity (Wildman–Crippen MR) is 71.4 cm³/mol. The lowest BCUT2D eigenvalue weighted by atomic mass is 10.2. The van der Waals surface area contributed by atoms with E-state index in [2.05, 4.69) is 15.5 Å². The van der Waals surface area contributed by atoms with Crippen molar-refractivity contribution in [2.45, 2.75) is 13.5 Å². The SMILES string of the molecule is CCN(Cc1cccc(F)c1)C(=O)Nc1nncs1. The zero-order valence-corrected chi connectivity index (χ0v) is 11.2. The van der Waals surface area contributed by atoms with Crippen LogP contribution in [0.3, 0.4) is 0 Å². The fraction of sp³-hybridized carbons (Fsp3) is 0.250. The summed E-state index contributed by atoms with van der Waals surface area (Å²) >= 11 is 1.25. The van der Waals surface area contributed by atoms with Gasteiger partial charge in [-0.15, -0.1) is 10.2 Å². The van der Waals surface area contributed by atoms with Gasteiger partial charge in [0.25, 0.3) is 0 Å². The lowest BCUT2D eigenvalue weighted by Gasteiger charge is -2.20. The van der Waals surface area contributed by atoms with Crippen molar-refractivity contribution in [1.29, 1.82) is 0 Å². The Balaban J connectivity index is 2.01. The number of hydrogen-bond donors (Lipinski definition) is 1. The second-order valence-corrected chi connectivity index (χ2v) is 4.65. The third-order valence-corrected chi connectivity index (χ3v) is 3.11. The van der Waals surface area contributed by atoms with Crippen LogP contribution in [-0.4, -0.2) is 27.7 Å². The summed E-state index contributed by atoms with van der Waals surface area (Å²) in [6.07, 6.45) is 0. The lowest BCUT2D eigenvalue weighted by Crippen LogP contribution is -2.34. The average molecular weight is 280 g/mol. The average Bonchev–Trinajstić information content (AvgIpc) is 2.88. The second-order valence-electron chi connectivity index (χ2n) is 3.82. The monoisotopic (exact) mass is 280 g/mol. The maximum Gasteiger partial charge on any atom is 0.323 e. The molecule has 5 nitrogen and oxygen atoms in total. The van der Waals surface area contributed by atoms with Crippen LogP contribution in [0.15, 0.2) is 29.8 Å². The maximum atomic E-state index is 13.1. The minimum absolute atomic E-state index is 0.275. The minimum Gasteiger partial charge on any atom is -0.320 e. The van der Waals surface area contributed by atoms with Gasteiger partial charge in [-0.1, -0.05) is 23.5 Å². The van der Waals surface area contributed by atoms with Crippen LogP contribution in [0.25, 0.3) is 0 Å². The molecule has 0 saturated carbocycles. The number of nitrogens with one attached hydrogen (secondary N) is 1. The standard InChI is InChI=1S/C12H13FN4OS/c1-2-17(7-9-4-3-5-10(13)6-9)12(18)15-11-16-14-8-19-11/h3-6,8H,2,7H2,1H3,(H,15,16,18). The van der Waals surface area contributed by atoms with Crippen LogP contribution >= 0.6 is 11.3 Å². The van der Waals surface area contributed by atoms with Crippen molar-refractivity contribution >= 4 is 22.5 Å². The largest absolute Gasteiger partial charge is 0.323 e. The highest BCUT2D eigenvalue weighted by atomic mass is 32.1. The Labute approximate surface area is 114 Å². The molecule has 2 aromatic rings. The van der Waals surface area contributed by atoms with E-state index in [1.54, 1.807) is 22.5 Å². The van der Waals surface area contributed by atoms with Gasteiger partial charge in [-0.3, -0.25) is 5.32 Å². The van der Waals surface area contributed by atoms with Crippen molar-refractivity contribution < 1.29 is 9.18 Å². The zero-order chi connectivity index (χ0) is 13.7. The summed E-state index contributed by atoms with van der Waals surface area (Å²) in [5.41, 5.74) is 2.28. The van der Waals surface area contributed by atoms with Crippen LogP contribution in [0.2, 0.25) is 0 Å². The summed E-state index contributed by atoms with van der Waals surface area (Å²) in [5.74, 6) is -0.307. The van der Waals surface area contributed by atoms with E-state index in [0.717, 1.165) is 5.56 Å². The van der Waals surface area contributed by atoms with Crippen LogP contribution in [0.5, 0.6) is 0 Å². The molecule has 1 aromatic carbocycles. The Bertz CT molecular complexity index is 546. The first-order chi connectivity index (χ1) is 9.19. The van der Waals surface area contributed by atoms with Gasteiger partial charge in [-0.2, -0.15) is 0 Å². The molecule has 0 aliphatic carbocycles. The molecule has 0 aliphatic rings. The summed E-state index contributed by atoms with van der Waals surface area (Å²) in [4.78, 5) is 13.6. The molecule has 1 aromatic heterocycles. The van der Waals surface area contributed by atoms with E-state index in [1.165, 1.54) is 23.5 Å². The normalized spacial score (nSPS) is 10.2. The molecule has 0 radical (unpaired) electrons. The molecule has 0 atom stereocenters. The number of hydrogen-bond acceptors (Lipinski definition) is 4. The van der Waals surface area contributed by atoms with Crippen LogP contribution in [0.4, 0.5) is 14.3 Å². The summed E-state index contributed by atoms with van der Waals surface area (Å²) < 4.78 is 13.1. The Morgan fingerprint density at radius 3 is 3.00 bits per heavy atom. The highest BCUT2D eigenvalue weighted by Crippen LogP contribution is 2.11. The first-order valence-electron chi connectivity index (χ1n) is 5.75. The van der Waals surface area contributed by atoms with Gasteiger partial charge < -0.3 is 4.90 Å². The quantitative estimate of drug-likeness (QED) is 0.936. The Hall–Kier alpha value is -2.02. The number of nitrogens with zero attached hydrogens (tertiary/aromatic N) is 3. The van der Waals surface area contributed by atoms with Crippen molar-refractivity contribution in [3.63, 3.8) is 0 Å². The highest BCUT2D eigenvalue weighted by molar-refractivity contribution is 7.13. The molecule has 2 amide bonds. The fourth-order valence-electron chi connectivity index (χ4n) is 1.58. The minimum atomic E-state index is -0.307. The molecule has 19 heavy (non-hydrogen) atoms. The van der Waals surface area contributed by atoms with Gasteiger partial charge in [0.1, 0.15) is 11.3 Å². The molecule has 0 unspecified atom stereocenters. The number of anilines is 1. The van der Waals surface area contributed by atoms with E-state index in [1.807, 2.05) is 6.92 Å². The van der Waals surface area contributed by atoms with Crippen molar-refractivity contribution in [1.82, 2.24) is 15.1 Å². The number of rotatable bonds is 4. The van der Waals surface area contributed by atoms with Crippen LogP contribution in [0, 0.1) is 5.82 Å². The zero-order valence-electron chi connectivity index (χ0n) is 10.3. The Kier molecular flexibility index (Phi) is 4.40. The number of halogens is 1. The third-order valence-electron chi connectivity index (χ3n) is 2.51. The van der Waals surface area contributed by atoms with Crippen LogP contribution in [-0.2, 0) is 6.54 Å². The molecular formula is C12H13FN4OS. The first kappa shape index (κ1) is 13.4. The van der Waals surface area contributed by atoms with E-state index in [-0.39, 0.29) is 11.8 Å². The number of amides is 2. The Morgan fingerprint density at radius 1 is 1.53 bits per heavy atom. The molecule has 7 heteroatoms. The van der Waals surface area contributed by atoms with Crippen molar-refractivity contribution in [2.75, 3.05) is 11.9 Å². The van der Waals surface area contributed by atoms with E-state index in [0.29, 0.717) is 18.2 Å². The Morgan fingerprint density at radius 2 is 2.37 bits per heavy atom. The van der Waals surface area contributed by atoms with Gasteiger partial charge in [0.2, 0.25) is 5.13 Å². The summed E-state index contributed by atoms with van der Waals surface area (Å²) in [6.45, 7) is 2.72. The molecule has 0 bridgehead atoms. The summed E-state index contributed by atoms with van der Waals surface area (Å²) in [7, 11) is 0. The number of carbonyl (C=O) groups is 1. The van der Waals surface area contributed by atoms with Crippen LogP contribution < -0.4 is 5.32 Å². The fourth-order valence-corrected chi connectivity index (χ4v) is 2.02. The smallest absolute Gasteiger partial charge is 0.320 e. The van der Waals surface area contributed by atoms with Crippen LogP contribution in [0.1, 0.15) is 12.5 Å². The van der Waals surface area contributed by atoms with Gasteiger partial charge in [0.05, 0.1) is 0 Å². The van der Waals surface area contributed by atoms with Crippen molar-refractivity contribution in [3.8, 4) is 0 Å². The molecule has 2 rings (SSSR count). The number of carbonyl (C=O) groups excluding carboxylic acids is 1. The molecular weight excluding hydrogens is 267 g/mol. The number of benzene rings is 1. The van der Waals surface area contributed by atoms with Gasteiger partial charge in [0.15, 0.2) is 0 Å². The van der Waals surface area contributed by atoms with Gasteiger partial charge in [-0.05, 0) is 24.6 Å². The molecule has 0 saturated heterocycles. The summed E-state index contributed by atoms with van der Waals surface area (Å²) in [6, 6.07) is 5.93. The predicted octanol–water partition coefficient (Wildman–Crippen LogP) is 2.73. The third kappa shape index (κ3) is 3.72. The summed E-state index contributed by atoms with van der Waals surface area (Å²) in [5, 5.41) is 10.5.